The predicted octanol–water partition coefficient (Wildman–Crippen LogP) is 2.04. The Morgan fingerprint density at radius 3 is 2.94 bits per heavy atom. The largest absolute Gasteiger partial charge is 0.494 e. The normalized spacial score (nSPS) is 15.5. The Morgan fingerprint density at radius 2 is 2.35 bits per heavy atom. The molecule has 1 aliphatic carbocycles. The molecule has 3 rings (SSSR count). The summed E-state index contributed by atoms with van der Waals surface area (Å²) in [4.78, 5) is 8.65. The third-order valence-electron chi connectivity index (χ3n) is 3.30. The molecule has 0 saturated heterocycles. The molecular formula is C12H12N4O. The van der Waals surface area contributed by atoms with Gasteiger partial charge in [-0.1, -0.05) is 0 Å². The van der Waals surface area contributed by atoms with E-state index in [1.165, 1.54) is 6.42 Å². The Bertz CT molecular complexity index is 607. The summed E-state index contributed by atoms with van der Waals surface area (Å²) >= 11 is 0. The molecule has 0 bridgehead atoms. The molecule has 0 radical (unpaired) electrons. The number of aromatic nitrogens is 3. The standard InChI is InChI=1S/C12H12N4O/c1-17-9-5-6-14-12-11(9)15-10(7-13)16(12)8-3-2-4-8/h5-6,8H,2-4H2,1H3. The zero-order valence-electron chi connectivity index (χ0n) is 9.55. The van der Waals surface area contributed by atoms with Crippen molar-refractivity contribution in [2.45, 2.75) is 25.3 Å². The summed E-state index contributed by atoms with van der Waals surface area (Å²) in [5.74, 6) is 1.10. The van der Waals surface area contributed by atoms with Crippen molar-refractivity contribution in [3.63, 3.8) is 0 Å². The Morgan fingerprint density at radius 1 is 1.53 bits per heavy atom. The average Bonchev–Trinajstić information content (AvgIpc) is 2.66. The lowest BCUT2D eigenvalue weighted by molar-refractivity contribution is 0.317. The Kier molecular flexibility index (Phi) is 2.22. The Balaban J connectivity index is 2.28. The average molecular weight is 228 g/mol. The lowest BCUT2D eigenvalue weighted by Gasteiger charge is -2.27. The van der Waals surface area contributed by atoms with E-state index in [4.69, 9.17) is 10.00 Å². The van der Waals surface area contributed by atoms with Gasteiger partial charge in [0.25, 0.3) is 0 Å². The van der Waals surface area contributed by atoms with E-state index in [9.17, 15) is 0 Å². The van der Waals surface area contributed by atoms with Crippen LogP contribution in [0.25, 0.3) is 11.2 Å². The van der Waals surface area contributed by atoms with Gasteiger partial charge in [-0.2, -0.15) is 5.26 Å². The maximum absolute atomic E-state index is 9.15. The molecular weight excluding hydrogens is 216 g/mol. The first-order chi connectivity index (χ1) is 8.35. The summed E-state index contributed by atoms with van der Waals surface area (Å²) in [6, 6.07) is 4.28. The molecule has 0 unspecified atom stereocenters. The highest BCUT2D eigenvalue weighted by molar-refractivity contribution is 5.79. The van der Waals surface area contributed by atoms with Crippen LogP contribution in [0.2, 0.25) is 0 Å². The van der Waals surface area contributed by atoms with Crippen LogP contribution in [-0.2, 0) is 0 Å². The molecule has 17 heavy (non-hydrogen) atoms. The topological polar surface area (TPSA) is 63.7 Å². The van der Waals surface area contributed by atoms with Crippen molar-refractivity contribution in [3.05, 3.63) is 18.1 Å². The SMILES string of the molecule is COc1ccnc2c1nc(C#N)n2C1CCC1. The van der Waals surface area contributed by atoms with Crippen LogP contribution in [0.3, 0.4) is 0 Å². The smallest absolute Gasteiger partial charge is 0.215 e. The first-order valence-electron chi connectivity index (χ1n) is 5.66. The number of pyridine rings is 1. The van der Waals surface area contributed by atoms with E-state index in [-0.39, 0.29) is 0 Å². The molecule has 2 heterocycles. The molecule has 2 aromatic rings. The summed E-state index contributed by atoms with van der Waals surface area (Å²) < 4.78 is 7.19. The van der Waals surface area contributed by atoms with E-state index in [1.54, 1.807) is 19.4 Å². The second-order valence-electron chi connectivity index (χ2n) is 4.19. The quantitative estimate of drug-likeness (QED) is 0.789. The van der Waals surface area contributed by atoms with Crippen LogP contribution >= 0.6 is 0 Å². The van der Waals surface area contributed by atoms with Gasteiger partial charge >= 0.3 is 0 Å². The van der Waals surface area contributed by atoms with Crippen LogP contribution in [-0.4, -0.2) is 21.6 Å². The molecule has 2 aromatic heterocycles. The lowest BCUT2D eigenvalue weighted by Crippen LogP contribution is -2.18. The van der Waals surface area contributed by atoms with Gasteiger partial charge in [-0.15, -0.1) is 0 Å². The summed E-state index contributed by atoms with van der Waals surface area (Å²) in [5, 5.41) is 9.15. The van der Waals surface area contributed by atoms with Crippen LogP contribution in [0.5, 0.6) is 5.75 Å². The summed E-state index contributed by atoms with van der Waals surface area (Å²) in [6.07, 6.45) is 5.09. The molecule has 1 fully saturated rings. The van der Waals surface area contributed by atoms with Gasteiger partial charge in [-0.05, 0) is 19.3 Å². The molecule has 5 nitrogen and oxygen atoms in total. The van der Waals surface area contributed by atoms with Crippen LogP contribution in [0.1, 0.15) is 31.1 Å². The van der Waals surface area contributed by atoms with Crippen LogP contribution in [0.15, 0.2) is 12.3 Å². The first kappa shape index (κ1) is 10.1. The molecule has 1 saturated carbocycles. The van der Waals surface area contributed by atoms with Crippen LogP contribution in [0.4, 0.5) is 0 Å². The number of hydrogen-bond donors (Lipinski definition) is 0. The zero-order valence-corrected chi connectivity index (χ0v) is 9.55. The monoisotopic (exact) mass is 228 g/mol. The number of nitrogens with zero attached hydrogens (tertiary/aromatic N) is 4. The number of methoxy groups -OCH3 is 1. The van der Waals surface area contributed by atoms with E-state index in [1.807, 2.05) is 4.57 Å². The van der Waals surface area contributed by atoms with Crippen molar-refractivity contribution >= 4 is 11.2 Å². The highest BCUT2D eigenvalue weighted by atomic mass is 16.5. The van der Waals surface area contributed by atoms with E-state index in [0.717, 1.165) is 18.5 Å². The van der Waals surface area contributed by atoms with E-state index < -0.39 is 0 Å². The number of ether oxygens (including phenoxy) is 1. The van der Waals surface area contributed by atoms with E-state index >= 15 is 0 Å². The molecule has 0 amide bonds. The number of fused-ring (bicyclic) bond motifs is 1. The molecule has 0 aliphatic heterocycles. The third-order valence-corrected chi connectivity index (χ3v) is 3.30. The van der Waals surface area contributed by atoms with Crippen LogP contribution in [0, 0.1) is 11.3 Å². The Hall–Kier alpha value is -2.09. The minimum absolute atomic E-state index is 0.370. The zero-order chi connectivity index (χ0) is 11.8. The van der Waals surface area contributed by atoms with Crippen molar-refractivity contribution in [2.24, 2.45) is 0 Å². The van der Waals surface area contributed by atoms with Crippen molar-refractivity contribution in [2.75, 3.05) is 7.11 Å². The van der Waals surface area contributed by atoms with Crippen LogP contribution < -0.4 is 4.74 Å². The van der Waals surface area contributed by atoms with Crippen molar-refractivity contribution in [1.82, 2.24) is 14.5 Å². The fourth-order valence-electron chi connectivity index (χ4n) is 2.20. The summed E-state index contributed by atoms with van der Waals surface area (Å²) in [6.45, 7) is 0. The van der Waals surface area contributed by atoms with Gasteiger partial charge in [0.2, 0.25) is 5.82 Å². The molecule has 5 heteroatoms. The van der Waals surface area contributed by atoms with Gasteiger partial charge in [0.05, 0.1) is 7.11 Å². The van der Waals surface area contributed by atoms with E-state index in [0.29, 0.717) is 23.1 Å². The number of nitriles is 1. The maximum Gasteiger partial charge on any atom is 0.215 e. The molecule has 0 spiro atoms. The van der Waals surface area contributed by atoms with Gasteiger partial charge in [-0.3, -0.25) is 4.57 Å². The molecule has 0 N–H and O–H groups in total. The number of imidazole rings is 1. The number of rotatable bonds is 2. The second kappa shape index (κ2) is 3.74. The summed E-state index contributed by atoms with van der Waals surface area (Å²) in [7, 11) is 1.60. The summed E-state index contributed by atoms with van der Waals surface area (Å²) in [5.41, 5.74) is 1.43. The van der Waals surface area contributed by atoms with Gasteiger partial charge in [0, 0.05) is 18.3 Å². The maximum atomic E-state index is 9.15. The molecule has 0 atom stereocenters. The predicted molar refractivity (Wildman–Crippen MR) is 61.7 cm³/mol. The second-order valence-corrected chi connectivity index (χ2v) is 4.19. The van der Waals surface area contributed by atoms with Gasteiger partial charge < -0.3 is 4.74 Å². The molecule has 86 valence electrons. The fraction of sp³-hybridized carbons (Fsp3) is 0.417. The van der Waals surface area contributed by atoms with Crippen molar-refractivity contribution in [1.29, 1.82) is 5.26 Å². The minimum Gasteiger partial charge on any atom is -0.494 e. The fourth-order valence-corrected chi connectivity index (χ4v) is 2.20. The first-order valence-corrected chi connectivity index (χ1v) is 5.66. The van der Waals surface area contributed by atoms with Gasteiger partial charge in [0.1, 0.15) is 11.8 Å². The Labute approximate surface area is 98.7 Å². The minimum atomic E-state index is 0.370. The van der Waals surface area contributed by atoms with Gasteiger partial charge in [0.15, 0.2) is 11.2 Å². The highest BCUT2D eigenvalue weighted by Crippen LogP contribution is 2.36. The molecule has 0 aromatic carbocycles. The van der Waals surface area contributed by atoms with Crippen molar-refractivity contribution < 1.29 is 4.74 Å². The number of hydrogen-bond acceptors (Lipinski definition) is 4. The van der Waals surface area contributed by atoms with Gasteiger partial charge in [-0.25, -0.2) is 9.97 Å². The van der Waals surface area contributed by atoms with E-state index in [2.05, 4.69) is 16.0 Å². The third kappa shape index (κ3) is 1.37. The van der Waals surface area contributed by atoms with Crippen molar-refractivity contribution in [3.8, 4) is 11.8 Å². The molecule has 1 aliphatic rings. The highest BCUT2D eigenvalue weighted by Gasteiger charge is 2.26. The lowest BCUT2D eigenvalue weighted by atomic mass is 9.93.